The van der Waals surface area contributed by atoms with Crippen molar-refractivity contribution < 1.29 is 0 Å². The van der Waals surface area contributed by atoms with Gasteiger partial charge in [0, 0.05) is 0 Å². The van der Waals surface area contributed by atoms with Crippen LogP contribution in [0.3, 0.4) is 0 Å². The molecule has 2 rings (SSSR count). The van der Waals surface area contributed by atoms with Crippen molar-refractivity contribution in [3.63, 3.8) is 0 Å². The molecule has 1 aromatic carbocycles. The van der Waals surface area contributed by atoms with Crippen LogP contribution < -0.4 is 0 Å². The van der Waals surface area contributed by atoms with E-state index in [9.17, 15) is 5.26 Å². The molecular weight excluding hydrogens is 244 g/mol. The summed E-state index contributed by atoms with van der Waals surface area (Å²) in [4.78, 5) is 2.35. The zero-order valence-corrected chi connectivity index (χ0v) is 13.0. The molecule has 2 heteroatoms. The van der Waals surface area contributed by atoms with Gasteiger partial charge in [-0.3, -0.25) is 4.90 Å². The van der Waals surface area contributed by atoms with E-state index >= 15 is 0 Å². The van der Waals surface area contributed by atoms with Crippen LogP contribution >= 0.6 is 0 Å². The Morgan fingerprint density at radius 3 is 2.00 bits per heavy atom. The summed E-state index contributed by atoms with van der Waals surface area (Å²) in [5, 5.41) is 9.56. The molecule has 1 aliphatic rings. The Balaban J connectivity index is 2.17. The first kappa shape index (κ1) is 15.1. The molecular formula is C18H26N2. The van der Waals surface area contributed by atoms with Crippen molar-refractivity contribution in [1.82, 2.24) is 4.90 Å². The minimum atomic E-state index is -0.0814. The van der Waals surface area contributed by atoms with Crippen molar-refractivity contribution >= 4 is 0 Å². The lowest BCUT2D eigenvalue weighted by atomic mass is 9.86. The van der Waals surface area contributed by atoms with E-state index in [0.29, 0.717) is 0 Å². The summed E-state index contributed by atoms with van der Waals surface area (Å²) in [6, 6.07) is 11.1. The third-order valence-corrected chi connectivity index (χ3v) is 4.22. The Morgan fingerprint density at radius 2 is 1.55 bits per heavy atom. The van der Waals surface area contributed by atoms with Gasteiger partial charge in [0.2, 0.25) is 0 Å². The third kappa shape index (κ3) is 3.61. The summed E-state index contributed by atoms with van der Waals surface area (Å²) in [5.41, 5.74) is 2.64. The lowest BCUT2D eigenvalue weighted by Crippen LogP contribution is -2.29. The van der Waals surface area contributed by atoms with Crippen LogP contribution in [0.1, 0.15) is 63.6 Å². The zero-order chi connectivity index (χ0) is 14.6. The molecule has 1 aromatic rings. The molecule has 0 saturated carbocycles. The van der Waals surface area contributed by atoms with Crippen LogP contribution in [0.25, 0.3) is 0 Å². The van der Waals surface area contributed by atoms with E-state index in [0.717, 1.165) is 18.7 Å². The van der Waals surface area contributed by atoms with Crippen LogP contribution in [0.4, 0.5) is 0 Å². The van der Waals surface area contributed by atoms with Crippen molar-refractivity contribution in [1.29, 1.82) is 5.26 Å². The van der Waals surface area contributed by atoms with E-state index < -0.39 is 0 Å². The van der Waals surface area contributed by atoms with Crippen molar-refractivity contribution in [2.24, 2.45) is 0 Å². The molecule has 0 aliphatic carbocycles. The van der Waals surface area contributed by atoms with Gasteiger partial charge in [-0.25, -0.2) is 0 Å². The monoisotopic (exact) mass is 270 g/mol. The maximum Gasteiger partial charge on any atom is 0.123 e. The molecule has 108 valence electrons. The summed E-state index contributed by atoms with van der Waals surface area (Å²) in [5.74, 6) is 0. The van der Waals surface area contributed by atoms with Crippen molar-refractivity contribution in [2.45, 2.75) is 57.9 Å². The van der Waals surface area contributed by atoms with Gasteiger partial charge in [0.15, 0.2) is 0 Å². The van der Waals surface area contributed by atoms with E-state index in [-0.39, 0.29) is 11.5 Å². The fraction of sp³-hybridized carbons (Fsp3) is 0.611. The lowest BCUT2D eigenvalue weighted by Gasteiger charge is -2.26. The Kier molecular flexibility index (Phi) is 4.83. The highest BCUT2D eigenvalue weighted by molar-refractivity contribution is 5.31. The summed E-state index contributed by atoms with van der Waals surface area (Å²) in [7, 11) is 0. The van der Waals surface area contributed by atoms with Gasteiger partial charge in [0.25, 0.3) is 0 Å². The number of rotatable bonds is 2. The number of hydrogen-bond donors (Lipinski definition) is 0. The number of benzene rings is 1. The fourth-order valence-electron chi connectivity index (χ4n) is 2.89. The molecule has 1 saturated heterocycles. The maximum absolute atomic E-state index is 9.56. The molecule has 0 bridgehead atoms. The van der Waals surface area contributed by atoms with Gasteiger partial charge in [-0.2, -0.15) is 5.26 Å². The van der Waals surface area contributed by atoms with Gasteiger partial charge in [-0.15, -0.1) is 0 Å². The van der Waals surface area contributed by atoms with Crippen LogP contribution in [0.2, 0.25) is 0 Å². The van der Waals surface area contributed by atoms with Crippen molar-refractivity contribution in [3.05, 3.63) is 35.4 Å². The van der Waals surface area contributed by atoms with Gasteiger partial charge < -0.3 is 0 Å². The van der Waals surface area contributed by atoms with Crippen LogP contribution in [0.15, 0.2) is 24.3 Å². The molecule has 0 N–H and O–H groups in total. The van der Waals surface area contributed by atoms with E-state index in [1.54, 1.807) is 0 Å². The van der Waals surface area contributed by atoms with E-state index in [2.05, 4.69) is 56.0 Å². The number of hydrogen-bond acceptors (Lipinski definition) is 2. The highest BCUT2D eigenvalue weighted by Crippen LogP contribution is 2.27. The first-order valence-corrected chi connectivity index (χ1v) is 7.76. The second-order valence-electron chi connectivity index (χ2n) is 6.85. The Labute approximate surface area is 123 Å². The summed E-state index contributed by atoms with van der Waals surface area (Å²) < 4.78 is 0. The van der Waals surface area contributed by atoms with Crippen LogP contribution in [-0.2, 0) is 5.41 Å². The van der Waals surface area contributed by atoms with E-state index in [1.807, 2.05) is 0 Å². The van der Waals surface area contributed by atoms with Gasteiger partial charge in [0.1, 0.15) is 6.04 Å². The molecule has 0 radical (unpaired) electrons. The molecule has 1 heterocycles. The molecule has 2 nitrogen and oxygen atoms in total. The summed E-state index contributed by atoms with van der Waals surface area (Å²) in [6.45, 7) is 8.77. The number of likely N-dealkylation sites (tertiary alicyclic amines) is 1. The van der Waals surface area contributed by atoms with Crippen molar-refractivity contribution in [3.8, 4) is 6.07 Å². The minimum absolute atomic E-state index is 0.0814. The average Bonchev–Trinajstić information content (AvgIpc) is 2.68. The Hall–Kier alpha value is -1.33. The van der Waals surface area contributed by atoms with Gasteiger partial charge in [0.05, 0.1) is 6.07 Å². The SMILES string of the molecule is CC(C)(C)c1ccc(C(C#N)N2CCCCCC2)cc1. The van der Waals surface area contributed by atoms with E-state index in [1.165, 1.54) is 31.2 Å². The number of nitriles is 1. The van der Waals surface area contributed by atoms with Crippen molar-refractivity contribution in [2.75, 3.05) is 13.1 Å². The largest absolute Gasteiger partial charge is 0.284 e. The first-order chi connectivity index (χ1) is 9.52. The normalized spacial score (nSPS) is 19.1. The quantitative estimate of drug-likeness (QED) is 0.795. The van der Waals surface area contributed by atoms with Crippen LogP contribution in [0.5, 0.6) is 0 Å². The smallest absolute Gasteiger partial charge is 0.123 e. The van der Waals surface area contributed by atoms with Crippen LogP contribution in [0, 0.1) is 11.3 Å². The maximum atomic E-state index is 9.56. The summed E-state index contributed by atoms with van der Waals surface area (Å²) >= 11 is 0. The third-order valence-electron chi connectivity index (χ3n) is 4.22. The molecule has 1 fully saturated rings. The molecule has 20 heavy (non-hydrogen) atoms. The Morgan fingerprint density at radius 1 is 1.00 bits per heavy atom. The molecule has 1 atom stereocenters. The predicted octanol–water partition coefficient (Wildman–Crippen LogP) is 4.42. The van der Waals surface area contributed by atoms with Crippen LogP contribution in [-0.4, -0.2) is 18.0 Å². The molecule has 0 amide bonds. The fourth-order valence-corrected chi connectivity index (χ4v) is 2.89. The van der Waals surface area contributed by atoms with Gasteiger partial charge >= 0.3 is 0 Å². The van der Waals surface area contributed by atoms with Gasteiger partial charge in [-0.1, -0.05) is 57.9 Å². The highest BCUT2D eigenvalue weighted by Gasteiger charge is 2.21. The van der Waals surface area contributed by atoms with Gasteiger partial charge in [-0.05, 0) is 42.5 Å². The first-order valence-electron chi connectivity index (χ1n) is 7.76. The average molecular weight is 270 g/mol. The summed E-state index contributed by atoms with van der Waals surface area (Å²) in [6.07, 6.45) is 5.05. The zero-order valence-electron chi connectivity index (χ0n) is 13.0. The molecule has 0 spiro atoms. The number of nitrogens with zero attached hydrogens (tertiary/aromatic N) is 2. The topological polar surface area (TPSA) is 27.0 Å². The second kappa shape index (κ2) is 6.41. The predicted molar refractivity (Wildman–Crippen MR) is 83.5 cm³/mol. The molecule has 1 unspecified atom stereocenters. The lowest BCUT2D eigenvalue weighted by molar-refractivity contribution is 0.245. The van der Waals surface area contributed by atoms with E-state index in [4.69, 9.17) is 0 Å². The second-order valence-corrected chi connectivity index (χ2v) is 6.85. The minimum Gasteiger partial charge on any atom is -0.284 e. The highest BCUT2D eigenvalue weighted by atomic mass is 15.1. The Bertz CT molecular complexity index is 454. The molecule has 1 aliphatic heterocycles. The molecule has 0 aromatic heterocycles. The standard InChI is InChI=1S/C18H26N2/c1-18(2,3)16-10-8-15(9-11-16)17(14-19)20-12-6-4-5-7-13-20/h8-11,17H,4-7,12-13H2,1-3H3.